The van der Waals surface area contributed by atoms with Gasteiger partial charge in [-0.15, -0.1) is 11.3 Å². The minimum atomic E-state index is -0.929. The maximum atomic E-state index is 12.0. The zero-order valence-corrected chi connectivity index (χ0v) is 12.4. The fraction of sp³-hybridized carbons (Fsp3) is 0.308. The molecule has 1 aromatic heterocycles. The number of fused-ring (bicyclic) bond motifs is 1. The Morgan fingerprint density at radius 3 is 2.89 bits per heavy atom. The summed E-state index contributed by atoms with van der Waals surface area (Å²) in [6.45, 7) is 2.26. The van der Waals surface area contributed by atoms with E-state index in [1.54, 1.807) is 6.26 Å². The second-order valence-electron chi connectivity index (χ2n) is 4.43. The highest BCUT2D eigenvalue weighted by molar-refractivity contribution is 7.84. The third-order valence-corrected chi connectivity index (χ3v) is 5.30. The highest BCUT2D eigenvalue weighted by Crippen LogP contribution is 2.27. The molecule has 2 atom stereocenters. The topological polar surface area (TPSA) is 72.2 Å². The van der Waals surface area contributed by atoms with E-state index in [4.69, 9.17) is 5.73 Å². The first-order valence-corrected chi connectivity index (χ1v) is 8.30. The van der Waals surface area contributed by atoms with Gasteiger partial charge in [0, 0.05) is 39.2 Å². The lowest BCUT2D eigenvalue weighted by Crippen LogP contribution is -2.32. The predicted octanol–water partition coefficient (Wildman–Crippen LogP) is 1.98. The Bertz CT molecular complexity index is 637. The van der Waals surface area contributed by atoms with Crippen LogP contribution in [0.15, 0.2) is 24.3 Å². The SMILES string of the molecule is CC(CNC(=O)c1cc2cc(N)ccc2s1)S(C)=O. The molecule has 0 bridgehead atoms. The Labute approximate surface area is 118 Å². The van der Waals surface area contributed by atoms with E-state index in [0.29, 0.717) is 17.1 Å². The fourth-order valence-corrected chi connectivity index (χ4v) is 2.89. The van der Waals surface area contributed by atoms with Crippen LogP contribution >= 0.6 is 11.3 Å². The van der Waals surface area contributed by atoms with Gasteiger partial charge in [-0.25, -0.2) is 0 Å². The Balaban J connectivity index is 2.11. The lowest BCUT2D eigenvalue weighted by atomic mass is 10.2. The fourth-order valence-electron chi connectivity index (χ4n) is 1.61. The van der Waals surface area contributed by atoms with Crippen LogP contribution in [0.4, 0.5) is 5.69 Å². The molecule has 0 spiro atoms. The largest absolute Gasteiger partial charge is 0.399 e. The molecule has 1 heterocycles. The summed E-state index contributed by atoms with van der Waals surface area (Å²) in [4.78, 5) is 12.6. The number of nitrogen functional groups attached to an aromatic ring is 1. The minimum absolute atomic E-state index is 0.0472. The van der Waals surface area contributed by atoms with Crippen LogP contribution in [0.2, 0.25) is 0 Å². The third kappa shape index (κ3) is 3.33. The number of thiophene rings is 1. The molecule has 6 heteroatoms. The van der Waals surface area contributed by atoms with E-state index in [2.05, 4.69) is 5.32 Å². The van der Waals surface area contributed by atoms with Gasteiger partial charge in [0.25, 0.3) is 5.91 Å². The lowest BCUT2D eigenvalue weighted by molar-refractivity contribution is 0.0958. The number of nitrogens with one attached hydrogen (secondary N) is 1. The van der Waals surface area contributed by atoms with Crippen LogP contribution in [-0.4, -0.2) is 28.2 Å². The van der Waals surface area contributed by atoms with Gasteiger partial charge in [-0.3, -0.25) is 9.00 Å². The van der Waals surface area contributed by atoms with E-state index in [-0.39, 0.29) is 11.2 Å². The van der Waals surface area contributed by atoms with Crippen molar-refractivity contribution in [1.29, 1.82) is 0 Å². The number of hydrogen-bond donors (Lipinski definition) is 2. The Morgan fingerprint density at radius 2 is 2.21 bits per heavy atom. The van der Waals surface area contributed by atoms with Gasteiger partial charge in [-0.1, -0.05) is 0 Å². The monoisotopic (exact) mass is 296 g/mol. The number of hydrogen-bond acceptors (Lipinski definition) is 4. The maximum absolute atomic E-state index is 12.0. The number of carbonyl (C=O) groups is 1. The van der Waals surface area contributed by atoms with Crippen molar-refractivity contribution < 1.29 is 9.00 Å². The van der Waals surface area contributed by atoms with Gasteiger partial charge in [0.15, 0.2) is 0 Å². The first-order chi connectivity index (χ1) is 8.97. The number of rotatable bonds is 4. The summed E-state index contributed by atoms with van der Waals surface area (Å²) in [5, 5.41) is 3.73. The molecule has 2 aromatic rings. The molecule has 1 amide bonds. The van der Waals surface area contributed by atoms with E-state index >= 15 is 0 Å². The zero-order chi connectivity index (χ0) is 14.0. The molecule has 0 aliphatic carbocycles. The molecule has 3 N–H and O–H groups in total. The van der Waals surface area contributed by atoms with E-state index < -0.39 is 10.8 Å². The van der Waals surface area contributed by atoms with Gasteiger partial charge in [0.2, 0.25) is 0 Å². The van der Waals surface area contributed by atoms with Crippen LogP contribution in [0.1, 0.15) is 16.6 Å². The van der Waals surface area contributed by atoms with E-state index in [9.17, 15) is 9.00 Å². The molecule has 0 saturated heterocycles. The molecule has 0 fully saturated rings. The number of anilines is 1. The standard InChI is InChI=1S/C13H16N2O2S2/c1-8(19(2)17)7-15-13(16)12-6-9-5-10(14)3-4-11(9)18-12/h3-6,8H,7,14H2,1-2H3,(H,15,16). The van der Waals surface area contributed by atoms with Gasteiger partial charge in [-0.05, 0) is 36.6 Å². The van der Waals surface area contributed by atoms with Crippen LogP contribution < -0.4 is 11.1 Å². The van der Waals surface area contributed by atoms with Gasteiger partial charge >= 0.3 is 0 Å². The molecule has 102 valence electrons. The molecule has 0 radical (unpaired) electrons. The number of benzene rings is 1. The first-order valence-electron chi connectivity index (χ1n) is 5.87. The molecular formula is C13H16N2O2S2. The van der Waals surface area contributed by atoms with E-state index in [0.717, 1.165) is 10.1 Å². The quantitative estimate of drug-likeness (QED) is 0.847. The molecule has 0 aliphatic heterocycles. The maximum Gasteiger partial charge on any atom is 0.261 e. The minimum Gasteiger partial charge on any atom is -0.399 e. The second kappa shape index (κ2) is 5.71. The number of nitrogens with two attached hydrogens (primary N) is 1. The molecule has 1 aromatic carbocycles. The third-order valence-electron chi connectivity index (χ3n) is 2.88. The van der Waals surface area contributed by atoms with Gasteiger partial charge in [0.05, 0.1) is 4.88 Å². The normalized spacial score (nSPS) is 14.2. The van der Waals surface area contributed by atoms with Crippen molar-refractivity contribution in [3.63, 3.8) is 0 Å². The summed E-state index contributed by atoms with van der Waals surface area (Å²) in [6, 6.07) is 7.42. The highest BCUT2D eigenvalue weighted by atomic mass is 32.2. The van der Waals surface area contributed by atoms with Crippen molar-refractivity contribution in [2.45, 2.75) is 12.2 Å². The molecule has 2 rings (SSSR count). The number of carbonyl (C=O) groups excluding carboxylic acids is 1. The van der Waals surface area contributed by atoms with Crippen molar-refractivity contribution in [2.24, 2.45) is 0 Å². The van der Waals surface area contributed by atoms with Gasteiger partial charge < -0.3 is 11.1 Å². The van der Waals surface area contributed by atoms with Crippen molar-refractivity contribution in [3.8, 4) is 0 Å². The van der Waals surface area contributed by atoms with Crippen molar-refractivity contribution in [3.05, 3.63) is 29.1 Å². The summed E-state index contributed by atoms with van der Waals surface area (Å²) >= 11 is 1.43. The molecule has 0 aliphatic rings. The lowest BCUT2D eigenvalue weighted by Gasteiger charge is -2.08. The van der Waals surface area contributed by atoms with Crippen LogP contribution in [0.25, 0.3) is 10.1 Å². The molecular weight excluding hydrogens is 280 g/mol. The summed E-state index contributed by atoms with van der Waals surface area (Å²) in [5.74, 6) is -0.128. The summed E-state index contributed by atoms with van der Waals surface area (Å²) in [7, 11) is -0.929. The summed E-state index contributed by atoms with van der Waals surface area (Å²) < 4.78 is 12.3. The van der Waals surface area contributed by atoms with Crippen LogP contribution in [-0.2, 0) is 10.8 Å². The molecule has 4 nitrogen and oxygen atoms in total. The zero-order valence-electron chi connectivity index (χ0n) is 10.8. The van der Waals surface area contributed by atoms with Crippen LogP contribution in [0, 0.1) is 0 Å². The average molecular weight is 296 g/mol. The van der Waals surface area contributed by atoms with Gasteiger partial charge in [0.1, 0.15) is 0 Å². The van der Waals surface area contributed by atoms with Gasteiger partial charge in [-0.2, -0.15) is 0 Å². The smallest absolute Gasteiger partial charge is 0.261 e. The highest BCUT2D eigenvalue weighted by Gasteiger charge is 2.12. The van der Waals surface area contributed by atoms with Crippen LogP contribution in [0.3, 0.4) is 0 Å². The first kappa shape index (κ1) is 14.0. The molecule has 0 saturated carbocycles. The Morgan fingerprint density at radius 1 is 1.47 bits per heavy atom. The number of amides is 1. The van der Waals surface area contributed by atoms with E-state index in [1.807, 2.05) is 31.2 Å². The summed E-state index contributed by atoms with van der Waals surface area (Å²) in [6.07, 6.45) is 1.64. The average Bonchev–Trinajstić information content (AvgIpc) is 2.78. The second-order valence-corrected chi connectivity index (χ2v) is 7.31. The molecule has 19 heavy (non-hydrogen) atoms. The summed E-state index contributed by atoms with van der Waals surface area (Å²) in [5.41, 5.74) is 6.40. The molecule has 2 unspecified atom stereocenters. The van der Waals surface area contributed by atoms with Crippen molar-refractivity contribution in [2.75, 3.05) is 18.5 Å². The van der Waals surface area contributed by atoms with E-state index in [1.165, 1.54) is 11.3 Å². The van der Waals surface area contributed by atoms with Crippen molar-refractivity contribution >= 4 is 43.8 Å². The Kier molecular flexibility index (Phi) is 4.21. The van der Waals surface area contributed by atoms with Crippen molar-refractivity contribution in [1.82, 2.24) is 5.32 Å². The predicted molar refractivity (Wildman–Crippen MR) is 82.1 cm³/mol. The Hall–Kier alpha value is -1.40. The van der Waals surface area contributed by atoms with Crippen LogP contribution in [0.5, 0.6) is 0 Å².